The minimum atomic E-state index is -0.263. The van der Waals surface area contributed by atoms with Gasteiger partial charge >= 0.3 is 0 Å². The van der Waals surface area contributed by atoms with Crippen LogP contribution in [0.1, 0.15) is 66.7 Å². The number of nitrogens with one attached hydrogen (secondary N) is 1. The minimum Gasteiger partial charge on any atom is -0.369 e. The van der Waals surface area contributed by atoms with E-state index in [1.807, 2.05) is 30.9 Å². The zero-order valence-electron chi connectivity index (χ0n) is 21.8. The molecule has 7 nitrogen and oxygen atoms in total. The van der Waals surface area contributed by atoms with E-state index >= 15 is 0 Å². The van der Waals surface area contributed by atoms with Crippen molar-refractivity contribution in [2.75, 3.05) is 49.5 Å². The number of amides is 3. The SMILES string of the molecule is CCN(CC)C(=O)c1cc(NC(=O)c2ccc(Cl)cc2)ccc1N1CCCN(C(=O)C2CCCC2)CC1. The van der Waals surface area contributed by atoms with Crippen molar-refractivity contribution in [1.82, 2.24) is 9.80 Å². The lowest BCUT2D eigenvalue weighted by Crippen LogP contribution is -2.38. The fourth-order valence-electron chi connectivity index (χ4n) is 5.36. The van der Waals surface area contributed by atoms with Crippen molar-refractivity contribution in [1.29, 1.82) is 0 Å². The van der Waals surface area contributed by atoms with Crippen molar-refractivity contribution in [3.05, 3.63) is 58.6 Å². The molecule has 1 saturated carbocycles. The number of nitrogens with zero attached hydrogens (tertiary/aromatic N) is 3. The number of anilines is 2. The van der Waals surface area contributed by atoms with Crippen LogP contribution in [-0.2, 0) is 4.79 Å². The topological polar surface area (TPSA) is 73.0 Å². The van der Waals surface area contributed by atoms with E-state index in [1.165, 1.54) is 0 Å². The highest BCUT2D eigenvalue weighted by molar-refractivity contribution is 6.30. The van der Waals surface area contributed by atoms with Crippen LogP contribution in [0, 0.1) is 5.92 Å². The van der Waals surface area contributed by atoms with Gasteiger partial charge in [-0.1, -0.05) is 24.4 Å². The van der Waals surface area contributed by atoms with E-state index in [0.717, 1.165) is 50.9 Å². The van der Waals surface area contributed by atoms with E-state index in [0.29, 0.717) is 53.9 Å². The van der Waals surface area contributed by atoms with Crippen molar-refractivity contribution in [2.45, 2.75) is 46.0 Å². The lowest BCUT2D eigenvalue weighted by Gasteiger charge is -2.28. The molecule has 0 unspecified atom stereocenters. The van der Waals surface area contributed by atoms with Crippen LogP contribution in [-0.4, -0.2) is 66.8 Å². The summed E-state index contributed by atoms with van der Waals surface area (Å²) < 4.78 is 0. The molecule has 2 aromatic carbocycles. The van der Waals surface area contributed by atoms with Gasteiger partial charge in [0.15, 0.2) is 0 Å². The van der Waals surface area contributed by atoms with E-state index in [-0.39, 0.29) is 17.7 Å². The second-order valence-corrected chi connectivity index (χ2v) is 10.3. The van der Waals surface area contributed by atoms with E-state index in [2.05, 4.69) is 10.2 Å². The van der Waals surface area contributed by atoms with Gasteiger partial charge in [0.25, 0.3) is 11.8 Å². The number of carbonyl (C=O) groups is 3. The van der Waals surface area contributed by atoms with Crippen LogP contribution >= 0.6 is 11.6 Å². The first-order valence-electron chi connectivity index (χ1n) is 13.4. The summed E-state index contributed by atoms with van der Waals surface area (Å²) in [5.41, 5.74) is 2.46. The number of rotatable bonds is 7. The van der Waals surface area contributed by atoms with Crippen LogP contribution in [0.2, 0.25) is 5.02 Å². The Balaban J connectivity index is 1.56. The molecule has 0 radical (unpaired) electrons. The average molecular weight is 525 g/mol. The van der Waals surface area contributed by atoms with Crippen LogP contribution in [0.15, 0.2) is 42.5 Å². The Morgan fingerprint density at radius 2 is 1.62 bits per heavy atom. The molecule has 4 rings (SSSR count). The molecule has 8 heteroatoms. The van der Waals surface area contributed by atoms with Crippen molar-refractivity contribution in [3.63, 3.8) is 0 Å². The predicted molar refractivity (Wildman–Crippen MR) is 148 cm³/mol. The summed E-state index contributed by atoms with van der Waals surface area (Å²) in [7, 11) is 0. The summed E-state index contributed by atoms with van der Waals surface area (Å²) in [5, 5.41) is 3.48. The Morgan fingerprint density at radius 3 is 2.30 bits per heavy atom. The minimum absolute atomic E-state index is 0.0641. The van der Waals surface area contributed by atoms with Crippen LogP contribution in [0.5, 0.6) is 0 Å². The Morgan fingerprint density at radius 1 is 0.919 bits per heavy atom. The van der Waals surface area contributed by atoms with Crippen molar-refractivity contribution in [2.24, 2.45) is 5.92 Å². The zero-order valence-corrected chi connectivity index (χ0v) is 22.6. The summed E-state index contributed by atoms with van der Waals surface area (Å²) >= 11 is 5.95. The molecule has 1 aliphatic heterocycles. The lowest BCUT2D eigenvalue weighted by atomic mass is 10.1. The van der Waals surface area contributed by atoms with E-state index < -0.39 is 0 Å². The number of hydrogen-bond donors (Lipinski definition) is 1. The standard InChI is InChI=1S/C29H37ClN4O3/c1-3-32(4-2)29(37)25-20-24(31-27(35)21-10-12-23(30)13-11-21)14-15-26(25)33-16-7-17-34(19-18-33)28(36)22-8-5-6-9-22/h10-15,20,22H,3-9,16-19H2,1-2H3,(H,31,35). The Kier molecular flexibility index (Phi) is 9.09. The summed E-state index contributed by atoms with van der Waals surface area (Å²) in [5.74, 6) is 0.140. The van der Waals surface area contributed by atoms with Gasteiger partial charge in [-0.3, -0.25) is 14.4 Å². The van der Waals surface area contributed by atoms with Gasteiger partial charge < -0.3 is 20.0 Å². The molecular formula is C29H37ClN4O3. The van der Waals surface area contributed by atoms with Crippen LogP contribution in [0.25, 0.3) is 0 Å². The van der Waals surface area contributed by atoms with E-state index in [9.17, 15) is 14.4 Å². The van der Waals surface area contributed by atoms with Gasteiger partial charge in [-0.05, 0) is 75.6 Å². The molecule has 198 valence electrons. The summed E-state index contributed by atoms with van der Waals surface area (Å²) in [6, 6.07) is 12.2. The molecule has 0 bridgehead atoms. The lowest BCUT2D eigenvalue weighted by molar-refractivity contribution is -0.135. The molecule has 3 amide bonds. The highest BCUT2D eigenvalue weighted by Crippen LogP contribution is 2.30. The third-order valence-corrected chi connectivity index (χ3v) is 7.75. The highest BCUT2D eigenvalue weighted by Gasteiger charge is 2.29. The molecule has 1 aliphatic carbocycles. The van der Waals surface area contributed by atoms with Crippen molar-refractivity contribution in [3.8, 4) is 0 Å². The highest BCUT2D eigenvalue weighted by atomic mass is 35.5. The maximum atomic E-state index is 13.6. The fourth-order valence-corrected chi connectivity index (χ4v) is 5.48. The zero-order chi connectivity index (χ0) is 26.4. The molecule has 1 heterocycles. The molecule has 2 aromatic rings. The molecule has 1 saturated heterocycles. The molecule has 1 N–H and O–H groups in total. The molecular weight excluding hydrogens is 488 g/mol. The maximum absolute atomic E-state index is 13.6. The molecule has 37 heavy (non-hydrogen) atoms. The number of hydrogen-bond acceptors (Lipinski definition) is 4. The normalized spacial score (nSPS) is 16.4. The van der Waals surface area contributed by atoms with Gasteiger partial charge in [0.2, 0.25) is 5.91 Å². The third-order valence-electron chi connectivity index (χ3n) is 7.49. The van der Waals surface area contributed by atoms with Gasteiger partial charge in [-0.15, -0.1) is 0 Å². The Bertz CT molecular complexity index is 1110. The van der Waals surface area contributed by atoms with Gasteiger partial charge in [0.05, 0.1) is 5.56 Å². The maximum Gasteiger partial charge on any atom is 0.256 e. The Hall–Kier alpha value is -3.06. The number of benzene rings is 2. The quantitative estimate of drug-likeness (QED) is 0.533. The first-order chi connectivity index (χ1) is 17.9. The van der Waals surface area contributed by atoms with Gasteiger partial charge in [-0.2, -0.15) is 0 Å². The first-order valence-corrected chi connectivity index (χ1v) is 13.8. The van der Waals surface area contributed by atoms with Crippen LogP contribution in [0.3, 0.4) is 0 Å². The van der Waals surface area contributed by atoms with Crippen molar-refractivity contribution >= 4 is 40.7 Å². The summed E-state index contributed by atoms with van der Waals surface area (Å²) in [6.45, 7) is 7.97. The van der Waals surface area contributed by atoms with E-state index in [4.69, 9.17) is 11.6 Å². The van der Waals surface area contributed by atoms with Gasteiger partial charge in [0.1, 0.15) is 0 Å². The summed E-state index contributed by atoms with van der Waals surface area (Å²) in [4.78, 5) is 45.4. The van der Waals surface area contributed by atoms with Crippen LogP contribution < -0.4 is 10.2 Å². The average Bonchev–Trinajstić information content (AvgIpc) is 3.34. The smallest absolute Gasteiger partial charge is 0.256 e. The van der Waals surface area contributed by atoms with Crippen molar-refractivity contribution < 1.29 is 14.4 Å². The predicted octanol–water partition coefficient (Wildman–Crippen LogP) is 5.30. The summed E-state index contributed by atoms with van der Waals surface area (Å²) in [6.07, 6.45) is 5.16. The second kappa shape index (κ2) is 12.5. The molecule has 0 spiro atoms. The molecule has 0 aromatic heterocycles. The van der Waals surface area contributed by atoms with E-state index in [1.54, 1.807) is 35.2 Å². The third kappa shape index (κ3) is 6.45. The number of halogens is 1. The van der Waals surface area contributed by atoms with Gasteiger partial charge in [0, 0.05) is 67.1 Å². The van der Waals surface area contributed by atoms with Crippen LogP contribution in [0.4, 0.5) is 11.4 Å². The first kappa shape index (κ1) is 27.0. The number of carbonyl (C=O) groups excluding carboxylic acids is 3. The van der Waals surface area contributed by atoms with Gasteiger partial charge in [-0.25, -0.2) is 0 Å². The Labute approximate surface area is 224 Å². The monoisotopic (exact) mass is 524 g/mol. The fraction of sp³-hybridized carbons (Fsp3) is 0.483. The molecule has 2 aliphatic rings. The second-order valence-electron chi connectivity index (χ2n) is 9.82. The molecule has 0 atom stereocenters. The molecule has 2 fully saturated rings. The largest absolute Gasteiger partial charge is 0.369 e.